The summed E-state index contributed by atoms with van der Waals surface area (Å²) in [6.45, 7) is 9.72. The number of carbonyl (C=O) groups is 1. The van der Waals surface area contributed by atoms with Gasteiger partial charge < -0.3 is 10.2 Å². The summed E-state index contributed by atoms with van der Waals surface area (Å²) in [7, 11) is 1.82. The second-order valence-electron chi connectivity index (χ2n) is 6.03. The van der Waals surface area contributed by atoms with E-state index >= 15 is 0 Å². The Hall–Kier alpha value is -1.82. The van der Waals surface area contributed by atoms with Gasteiger partial charge in [-0.2, -0.15) is 5.10 Å². The van der Waals surface area contributed by atoms with E-state index in [4.69, 9.17) is 0 Å². The molecule has 2 aromatic rings. The van der Waals surface area contributed by atoms with Crippen molar-refractivity contribution < 1.29 is 4.79 Å². The molecule has 2 amide bonds. The Balaban J connectivity index is 1.97. The van der Waals surface area contributed by atoms with Gasteiger partial charge in [-0.25, -0.2) is 4.79 Å². The first-order valence-electron chi connectivity index (χ1n) is 8.14. The number of nitrogens with zero attached hydrogens (tertiary/aromatic N) is 3. The van der Waals surface area contributed by atoms with Crippen LogP contribution in [0.3, 0.4) is 0 Å². The van der Waals surface area contributed by atoms with Gasteiger partial charge in [0.05, 0.1) is 5.69 Å². The Bertz CT molecular complexity index is 739. The summed E-state index contributed by atoms with van der Waals surface area (Å²) in [5.74, 6) is 0. The number of amides is 2. The molecule has 2 rings (SSSR count). The first-order valence-corrected chi connectivity index (χ1v) is 8.94. The molecular formula is C18H25BrN4O. The molecule has 1 heterocycles. The van der Waals surface area contributed by atoms with Crippen molar-refractivity contribution in [2.45, 2.75) is 40.7 Å². The van der Waals surface area contributed by atoms with E-state index in [1.807, 2.05) is 43.8 Å². The number of likely N-dealkylation sites (N-methyl/N-ethyl adjacent to an activating group) is 1. The summed E-state index contributed by atoms with van der Waals surface area (Å²) in [4.78, 5) is 14.1. The Morgan fingerprint density at radius 2 is 2.04 bits per heavy atom. The second-order valence-corrected chi connectivity index (χ2v) is 6.89. The monoisotopic (exact) mass is 392 g/mol. The molecule has 1 aromatic carbocycles. The number of anilines is 1. The molecule has 0 aliphatic carbocycles. The van der Waals surface area contributed by atoms with Gasteiger partial charge in [-0.3, -0.25) is 4.68 Å². The van der Waals surface area contributed by atoms with Gasteiger partial charge >= 0.3 is 6.03 Å². The molecule has 0 saturated carbocycles. The predicted molar refractivity (Wildman–Crippen MR) is 102 cm³/mol. The third-order valence-electron chi connectivity index (χ3n) is 4.28. The van der Waals surface area contributed by atoms with Crippen LogP contribution in [0.1, 0.15) is 29.4 Å². The SMILES string of the molecule is CCn1nc(C)c(CCN(C)C(=O)Nc2ccc(Br)c(C)c2)c1C. The van der Waals surface area contributed by atoms with Crippen LogP contribution < -0.4 is 5.32 Å². The minimum Gasteiger partial charge on any atom is -0.327 e. The number of hydrogen-bond acceptors (Lipinski definition) is 2. The van der Waals surface area contributed by atoms with E-state index in [9.17, 15) is 4.79 Å². The fraction of sp³-hybridized carbons (Fsp3) is 0.444. The zero-order valence-corrected chi connectivity index (χ0v) is 16.6. The minimum absolute atomic E-state index is 0.102. The van der Waals surface area contributed by atoms with Gasteiger partial charge in [-0.1, -0.05) is 15.9 Å². The van der Waals surface area contributed by atoms with E-state index in [0.717, 1.165) is 34.4 Å². The molecule has 1 aromatic heterocycles. The maximum absolute atomic E-state index is 12.3. The van der Waals surface area contributed by atoms with E-state index in [2.05, 4.69) is 40.2 Å². The first kappa shape index (κ1) is 18.5. The Kier molecular flexibility index (Phi) is 6.04. The van der Waals surface area contributed by atoms with E-state index < -0.39 is 0 Å². The first-order chi connectivity index (χ1) is 11.3. The number of urea groups is 1. The predicted octanol–water partition coefficient (Wildman–Crippen LogP) is 4.30. The maximum Gasteiger partial charge on any atom is 0.321 e. The lowest BCUT2D eigenvalue weighted by Crippen LogP contribution is -2.33. The highest BCUT2D eigenvalue weighted by atomic mass is 79.9. The van der Waals surface area contributed by atoms with Crippen molar-refractivity contribution in [3.05, 3.63) is 45.2 Å². The normalized spacial score (nSPS) is 10.8. The smallest absolute Gasteiger partial charge is 0.321 e. The average molecular weight is 393 g/mol. The van der Waals surface area contributed by atoms with Crippen LogP contribution in [0.5, 0.6) is 0 Å². The minimum atomic E-state index is -0.102. The molecule has 0 aliphatic heterocycles. The van der Waals surface area contributed by atoms with Crippen molar-refractivity contribution in [1.82, 2.24) is 14.7 Å². The summed E-state index contributed by atoms with van der Waals surface area (Å²) in [5.41, 5.74) is 5.36. The van der Waals surface area contributed by atoms with Crippen LogP contribution in [-0.4, -0.2) is 34.3 Å². The summed E-state index contributed by atoms with van der Waals surface area (Å²) in [5, 5.41) is 7.47. The van der Waals surface area contributed by atoms with E-state index in [-0.39, 0.29) is 6.03 Å². The Morgan fingerprint density at radius 3 is 2.62 bits per heavy atom. The molecular weight excluding hydrogens is 368 g/mol. The molecule has 0 aliphatic rings. The zero-order valence-electron chi connectivity index (χ0n) is 15.0. The third kappa shape index (κ3) is 4.17. The average Bonchev–Trinajstić information content (AvgIpc) is 2.82. The molecule has 0 unspecified atom stereocenters. The zero-order chi connectivity index (χ0) is 17.9. The van der Waals surface area contributed by atoms with Crippen LogP contribution >= 0.6 is 15.9 Å². The Morgan fingerprint density at radius 1 is 1.33 bits per heavy atom. The number of aromatic nitrogens is 2. The lowest BCUT2D eigenvalue weighted by molar-refractivity contribution is 0.223. The molecule has 1 N–H and O–H groups in total. The van der Waals surface area contributed by atoms with Crippen LogP contribution in [0, 0.1) is 20.8 Å². The van der Waals surface area contributed by atoms with Crippen molar-refractivity contribution in [2.24, 2.45) is 0 Å². The van der Waals surface area contributed by atoms with E-state index in [0.29, 0.717) is 6.54 Å². The molecule has 24 heavy (non-hydrogen) atoms. The number of aryl methyl sites for hydroxylation is 3. The van der Waals surface area contributed by atoms with Crippen LogP contribution in [-0.2, 0) is 13.0 Å². The van der Waals surface area contributed by atoms with Crippen molar-refractivity contribution >= 4 is 27.6 Å². The number of hydrogen-bond donors (Lipinski definition) is 1. The van der Waals surface area contributed by atoms with Gasteiger partial charge in [0.2, 0.25) is 0 Å². The standard InChI is InChI=1S/C18H25BrN4O/c1-6-23-14(4)16(13(3)21-23)9-10-22(5)18(24)20-15-7-8-17(19)12(2)11-15/h7-8,11H,6,9-10H2,1-5H3,(H,20,24). The van der Waals surface area contributed by atoms with E-state index in [1.54, 1.807) is 4.90 Å². The number of rotatable bonds is 5. The lowest BCUT2D eigenvalue weighted by Gasteiger charge is -2.18. The summed E-state index contributed by atoms with van der Waals surface area (Å²) >= 11 is 3.47. The molecule has 0 saturated heterocycles. The molecule has 0 bridgehead atoms. The van der Waals surface area contributed by atoms with Crippen LogP contribution in [0.15, 0.2) is 22.7 Å². The maximum atomic E-state index is 12.3. The summed E-state index contributed by atoms with van der Waals surface area (Å²) in [6, 6.07) is 5.68. The van der Waals surface area contributed by atoms with Crippen molar-refractivity contribution in [3.8, 4) is 0 Å². The highest BCUT2D eigenvalue weighted by Crippen LogP contribution is 2.20. The quantitative estimate of drug-likeness (QED) is 0.824. The van der Waals surface area contributed by atoms with Crippen LogP contribution in [0.25, 0.3) is 0 Å². The Labute approximate surface area is 152 Å². The number of halogens is 1. The number of benzene rings is 1. The molecule has 6 heteroatoms. The van der Waals surface area contributed by atoms with Crippen LogP contribution in [0.2, 0.25) is 0 Å². The third-order valence-corrected chi connectivity index (χ3v) is 5.17. The fourth-order valence-corrected chi connectivity index (χ4v) is 2.97. The lowest BCUT2D eigenvalue weighted by atomic mass is 10.1. The van der Waals surface area contributed by atoms with Gasteiger partial charge in [-0.15, -0.1) is 0 Å². The number of nitrogens with one attached hydrogen (secondary N) is 1. The summed E-state index contributed by atoms with van der Waals surface area (Å²) < 4.78 is 3.04. The second kappa shape index (κ2) is 7.83. The molecule has 0 radical (unpaired) electrons. The van der Waals surface area contributed by atoms with Crippen LogP contribution in [0.4, 0.5) is 10.5 Å². The van der Waals surface area contributed by atoms with Crippen molar-refractivity contribution in [2.75, 3.05) is 18.9 Å². The molecule has 0 atom stereocenters. The van der Waals surface area contributed by atoms with Gasteiger partial charge in [0.25, 0.3) is 0 Å². The topological polar surface area (TPSA) is 50.2 Å². The van der Waals surface area contributed by atoms with E-state index in [1.165, 1.54) is 11.3 Å². The van der Waals surface area contributed by atoms with Crippen molar-refractivity contribution in [3.63, 3.8) is 0 Å². The van der Waals surface area contributed by atoms with Gasteiger partial charge in [-0.05, 0) is 63.4 Å². The highest BCUT2D eigenvalue weighted by molar-refractivity contribution is 9.10. The highest BCUT2D eigenvalue weighted by Gasteiger charge is 2.14. The molecule has 0 spiro atoms. The number of carbonyl (C=O) groups excluding carboxylic acids is 1. The molecule has 5 nitrogen and oxygen atoms in total. The fourth-order valence-electron chi connectivity index (χ4n) is 2.73. The largest absolute Gasteiger partial charge is 0.327 e. The summed E-state index contributed by atoms with van der Waals surface area (Å²) in [6.07, 6.45) is 0.807. The van der Waals surface area contributed by atoms with Gasteiger partial charge in [0, 0.05) is 36.0 Å². The van der Waals surface area contributed by atoms with Gasteiger partial charge in [0.1, 0.15) is 0 Å². The molecule has 130 valence electrons. The van der Waals surface area contributed by atoms with Gasteiger partial charge in [0.15, 0.2) is 0 Å². The molecule has 0 fully saturated rings. The van der Waals surface area contributed by atoms with Crippen molar-refractivity contribution in [1.29, 1.82) is 0 Å².